The van der Waals surface area contributed by atoms with Crippen LogP contribution in [0.3, 0.4) is 0 Å². The van der Waals surface area contributed by atoms with Crippen LogP contribution >= 0.6 is 0 Å². The van der Waals surface area contributed by atoms with E-state index >= 15 is 0 Å². The van der Waals surface area contributed by atoms with E-state index in [1.807, 2.05) is 5.32 Å². The number of hydrogen-bond acceptors (Lipinski definition) is 7. The number of fused-ring (bicyclic) bond motifs is 1. The molecule has 0 fully saturated rings. The minimum absolute atomic E-state index is 0.358. The molecule has 33 heavy (non-hydrogen) atoms. The maximum absolute atomic E-state index is 12.1. The van der Waals surface area contributed by atoms with Crippen LogP contribution in [0.2, 0.25) is 0 Å². The van der Waals surface area contributed by atoms with E-state index in [-0.39, 0.29) is 0 Å². The van der Waals surface area contributed by atoms with Crippen LogP contribution in [0.5, 0.6) is 17.2 Å². The number of halogens is 3. The van der Waals surface area contributed by atoms with Gasteiger partial charge in [0.15, 0.2) is 18.1 Å². The fourth-order valence-electron chi connectivity index (χ4n) is 2.58. The highest BCUT2D eigenvalue weighted by atomic mass is 19.4. The molecular formula is C21H17F3N2O7. The van der Waals surface area contributed by atoms with Crippen molar-refractivity contribution in [3.63, 3.8) is 0 Å². The molecule has 2 aromatic rings. The number of anilines is 1. The van der Waals surface area contributed by atoms with E-state index in [4.69, 9.17) is 14.2 Å². The Bertz CT molecular complexity index is 1050. The lowest BCUT2D eigenvalue weighted by Gasteiger charge is -2.19. The molecular weight excluding hydrogens is 449 g/mol. The maximum Gasteiger partial charge on any atom is 0.573 e. The van der Waals surface area contributed by atoms with Gasteiger partial charge in [-0.3, -0.25) is 10.1 Å². The summed E-state index contributed by atoms with van der Waals surface area (Å²) in [5.74, 6) is -1.19. The lowest BCUT2D eigenvalue weighted by Crippen LogP contribution is -2.37. The lowest BCUT2D eigenvalue weighted by molar-refractivity contribution is -0.274. The van der Waals surface area contributed by atoms with E-state index in [0.29, 0.717) is 36.0 Å². The van der Waals surface area contributed by atoms with Crippen molar-refractivity contribution in [3.05, 3.63) is 54.1 Å². The summed E-state index contributed by atoms with van der Waals surface area (Å²) in [7, 11) is 0. The van der Waals surface area contributed by atoms with Crippen LogP contribution in [0, 0.1) is 0 Å². The van der Waals surface area contributed by atoms with Gasteiger partial charge in [0.25, 0.3) is 5.91 Å². The fraction of sp³-hybridized carbons (Fsp3) is 0.190. The van der Waals surface area contributed by atoms with Gasteiger partial charge in [-0.2, -0.15) is 0 Å². The number of alkyl halides is 3. The molecule has 0 saturated carbocycles. The highest BCUT2D eigenvalue weighted by Crippen LogP contribution is 2.32. The number of imide groups is 1. The van der Waals surface area contributed by atoms with Crippen molar-refractivity contribution in [3.8, 4) is 17.2 Å². The first-order valence-electron chi connectivity index (χ1n) is 9.39. The predicted molar refractivity (Wildman–Crippen MR) is 108 cm³/mol. The van der Waals surface area contributed by atoms with Gasteiger partial charge in [-0.05, 0) is 35.9 Å². The Hall–Kier alpha value is -4.22. The molecule has 0 atom stereocenters. The molecule has 0 saturated heterocycles. The van der Waals surface area contributed by atoms with E-state index in [1.54, 1.807) is 12.1 Å². The number of rotatable bonds is 6. The first kappa shape index (κ1) is 23.4. The number of esters is 1. The molecule has 174 valence electrons. The van der Waals surface area contributed by atoms with E-state index in [9.17, 15) is 27.6 Å². The molecule has 0 aliphatic carbocycles. The first-order chi connectivity index (χ1) is 15.7. The van der Waals surface area contributed by atoms with Gasteiger partial charge in [0.05, 0.1) is 0 Å². The Labute approximate surface area is 185 Å². The molecule has 2 aromatic carbocycles. The zero-order valence-corrected chi connectivity index (χ0v) is 16.8. The van der Waals surface area contributed by atoms with Crippen molar-refractivity contribution in [2.75, 3.05) is 25.1 Å². The largest absolute Gasteiger partial charge is 0.573 e. The quantitative estimate of drug-likeness (QED) is 0.497. The molecule has 0 bridgehead atoms. The number of nitrogens with one attached hydrogen (secondary N) is 2. The monoisotopic (exact) mass is 466 g/mol. The van der Waals surface area contributed by atoms with Crippen LogP contribution in [0.4, 0.5) is 23.7 Å². The van der Waals surface area contributed by atoms with Gasteiger partial charge in [-0.25, -0.2) is 9.59 Å². The van der Waals surface area contributed by atoms with Gasteiger partial charge in [0.1, 0.15) is 19.0 Å². The third-order valence-electron chi connectivity index (χ3n) is 3.92. The number of hydrogen-bond donors (Lipinski definition) is 2. The van der Waals surface area contributed by atoms with Crippen molar-refractivity contribution < 1.29 is 46.5 Å². The van der Waals surface area contributed by atoms with Crippen molar-refractivity contribution in [2.24, 2.45) is 0 Å². The van der Waals surface area contributed by atoms with E-state index in [2.05, 4.69) is 10.1 Å². The molecule has 1 aliphatic rings. The van der Waals surface area contributed by atoms with Gasteiger partial charge >= 0.3 is 18.4 Å². The summed E-state index contributed by atoms with van der Waals surface area (Å²) in [5.41, 5.74) is 0.751. The molecule has 0 spiro atoms. The second-order valence-corrected chi connectivity index (χ2v) is 6.42. The van der Waals surface area contributed by atoms with E-state index in [0.717, 1.165) is 18.2 Å². The third kappa shape index (κ3) is 7.76. The topological polar surface area (TPSA) is 112 Å². The Morgan fingerprint density at radius 1 is 1.00 bits per heavy atom. The van der Waals surface area contributed by atoms with Crippen molar-refractivity contribution in [2.45, 2.75) is 6.36 Å². The van der Waals surface area contributed by atoms with Gasteiger partial charge in [0, 0.05) is 17.8 Å². The van der Waals surface area contributed by atoms with Gasteiger partial charge in [-0.1, -0.05) is 12.1 Å². The number of amides is 3. The summed E-state index contributed by atoms with van der Waals surface area (Å²) in [5, 5.41) is 4.43. The minimum Gasteiger partial charge on any atom is -0.486 e. The number of ether oxygens (including phenoxy) is 4. The molecule has 0 radical (unpaired) electrons. The summed E-state index contributed by atoms with van der Waals surface area (Å²) in [6, 6.07) is 8.59. The van der Waals surface area contributed by atoms with Crippen molar-refractivity contribution in [1.82, 2.24) is 5.32 Å². The highest BCUT2D eigenvalue weighted by molar-refractivity contribution is 6.02. The van der Waals surface area contributed by atoms with Crippen molar-refractivity contribution in [1.29, 1.82) is 0 Å². The maximum atomic E-state index is 12.1. The smallest absolute Gasteiger partial charge is 0.486 e. The molecule has 3 rings (SSSR count). The highest BCUT2D eigenvalue weighted by Gasteiger charge is 2.30. The molecule has 3 amide bonds. The predicted octanol–water partition coefficient (Wildman–Crippen LogP) is 3.26. The Kier molecular flexibility index (Phi) is 7.38. The van der Waals surface area contributed by atoms with Crippen LogP contribution in [-0.4, -0.2) is 44.1 Å². The molecule has 0 aromatic heterocycles. The molecule has 9 nitrogen and oxygen atoms in total. The average molecular weight is 466 g/mol. The summed E-state index contributed by atoms with van der Waals surface area (Å²) in [4.78, 5) is 35.4. The van der Waals surface area contributed by atoms with Gasteiger partial charge < -0.3 is 24.3 Å². The second kappa shape index (κ2) is 10.4. The average Bonchev–Trinajstić information content (AvgIpc) is 2.76. The van der Waals surface area contributed by atoms with Crippen LogP contribution in [-0.2, 0) is 14.3 Å². The third-order valence-corrected chi connectivity index (χ3v) is 3.92. The summed E-state index contributed by atoms with van der Waals surface area (Å²) in [6.07, 6.45) is -2.56. The fourth-order valence-corrected chi connectivity index (χ4v) is 2.58. The number of urea groups is 1. The van der Waals surface area contributed by atoms with Crippen LogP contribution in [0.1, 0.15) is 5.56 Å². The number of benzene rings is 2. The SMILES string of the molecule is O=C(COC(=O)/C=C/c1ccc(OC(F)(F)F)cc1)NC(=O)Nc1ccc2c(c1)OCCO2. The normalized spacial score (nSPS) is 12.7. The van der Waals surface area contributed by atoms with Gasteiger partial charge in [0.2, 0.25) is 0 Å². The molecule has 1 heterocycles. The van der Waals surface area contributed by atoms with Crippen LogP contribution < -0.4 is 24.8 Å². The zero-order chi connectivity index (χ0) is 23.8. The second-order valence-electron chi connectivity index (χ2n) is 6.42. The van der Waals surface area contributed by atoms with Crippen LogP contribution in [0.25, 0.3) is 6.08 Å². The molecule has 0 unspecified atom stereocenters. The van der Waals surface area contributed by atoms with Crippen LogP contribution in [0.15, 0.2) is 48.5 Å². The summed E-state index contributed by atoms with van der Waals surface area (Å²) in [6.45, 7) is 0.0701. The van der Waals surface area contributed by atoms with Gasteiger partial charge in [-0.15, -0.1) is 13.2 Å². The minimum atomic E-state index is -4.80. The van der Waals surface area contributed by atoms with E-state index in [1.165, 1.54) is 24.3 Å². The molecule has 12 heteroatoms. The Morgan fingerprint density at radius 2 is 1.70 bits per heavy atom. The number of carbonyl (C=O) groups is 3. The molecule has 2 N–H and O–H groups in total. The standard InChI is InChI=1S/C21H17F3N2O7/c22-21(23,24)33-15-5-1-13(2-6-15)3-8-19(28)32-12-18(27)26-20(29)25-14-4-7-16-17(11-14)31-10-9-30-16/h1-8,11H,9-10,12H2,(H2,25,26,27,29)/b8-3+. The zero-order valence-electron chi connectivity index (χ0n) is 16.8. The Balaban J connectivity index is 1.41. The number of carbonyl (C=O) groups excluding carboxylic acids is 3. The van der Waals surface area contributed by atoms with Crippen molar-refractivity contribution >= 4 is 29.7 Å². The first-order valence-corrected chi connectivity index (χ1v) is 9.39. The molecule has 1 aliphatic heterocycles. The Morgan fingerprint density at radius 3 is 2.39 bits per heavy atom. The summed E-state index contributed by atoms with van der Waals surface area (Å²) < 4.78 is 55.6. The van der Waals surface area contributed by atoms with E-state index < -0.39 is 36.6 Å². The lowest BCUT2D eigenvalue weighted by atomic mass is 10.2. The summed E-state index contributed by atoms with van der Waals surface area (Å²) >= 11 is 0.